The number of carbonyl (C=O) groups is 2. The van der Waals surface area contributed by atoms with Crippen LogP contribution in [0.5, 0.6) is 0 Å². The van der Waals surface area contributed by atoms with Gasteiger partial charge in [0.05, 0.1) is 5.57 Å². The molecule has 0 unspecified atom stereocenters. The minimum Gasteiger partial charge on any atom is -0.503 e. The van der Waals surface area contributed by atoms with Crippen molar-refractivity contribution >= 4 is 61.7 Å². The molecule has 4 aromatic carbocycles. The molecule has 0 fully saturated rings. The Hall–Kier alpha value is -4.80. The van der Waals surface area contributed by atoms with Gasteiger partial charge in [-0.15, -0.1) is 10.2 Å². The molecule has 0 radical (unpaired) electrons. The molecule has 3 heterocycles. The van der Waals surface area contributed by atoms with E-state index in [1.165, 1.54) is 36.0 Å². The second-order valence-electron chi connectivity index (χ2n) is 9.62. The van der Waals surface area contributed by atoms with Crippen LogP contribution in [0.25, 0.3) is 21.7 Å². The molecule has 206 valence electrons. The summed E-state index contributed by atoms with van der Waals surface area (Å²) >= 11 is 2.58. The number of halogens is 1. The van der Waals surface area contributed by atoms with Crippen LogP contribution in [0.1, 0.15) is 27.7 Å². The van der Waals surface area contributed by atoms with E-state index in [-0.39, 0.29) is 22.0 Å². The first-order chi connectivity index (χ1) is 20.5. The van der Waals surface area contributed by atoms with Gasteiger partial charge in [0.25, 0.3) is 5.91 Å². The van der Waals surface area contributed by atoms with Crippen LogP contribution in [0, 0.1) is 5.82 Å². The van der Waals surface area contributed by atoms with Crippen LogP contribution in [0.3, 0.4) is 0 Å². The van der Waals surface area contributed by atoms with Crippen LogP contribution < -0.4 is 4.90 Å². The molecule has 0 bridgehead atoms. The zero-order chi connectivity index (χ0) is 28.8. The highest BCUT2D eigenvalue weighted by Gasteiger charge is 2.47. The summed E-state index contributed by atoms with van der Waals surface area (Å²) in [6.45, 7) is 0. The van der Waals surface area contributed by atoms with Gasteiger partial charge in [-0.1, -0.05) is 102 Å². The summed E-state index contributed by atoms with van der Waals surface area (Å²) in [6.07, 6.45) is 0. The number of amides is 1. The van der Waals surface area contributed by atoms with Crippen LogP contribution in [-0.2, 0) is 10.5 Å². The number of thioether (sulfide) groups is 1. The summed E-state index contributed by atoms with van der Waals surface area (Å²) in [5.41, 5.74) is 1.34. The van der Waals surface area contributed by atoms with E-state index in [4.69, 9.17) is 4.42 Å². The fourth-order valence-electron chi connectivity index (χ4n) is 5.17. The Balaban J connectivity index is 1.24. The van der Waals surface area contributed by atoms with Crippen LogP contribution >= 0.6 is 23.1 Å². The molecule has 1 aliphatic rings. The molecular weight excluding hydrogens is 574 g/mol. The van der Waals surface area contributed by atoms with Gasteiger partial charge in [0, 0.05) is 16.7 Å². The smallest absolute Gasteiger partial charge is 0.296 e. The van der Waals surface area contributed by atoms with Crippen molar-refractivity contribution in [3.05, 3.63) is 131 Å². The van der Waals surface area contributed by atoms with Gasteiger partial charge in [-0.05, 0) is 34.5 Å². The molecule has 0 saturated heterocycles. The van der Waals surface area contributed by atoms with Gasteiger partial charge in [-0.25, -0.2) is 4.39 Å². The third-order valence-electron chi connectivity index (χ3n) is 7.13. The molecule has 1 amide bonds. The molecule has 1 aliphatic heterocycles. The Bertz CT molecular complexity index is 2010. The summed E-state index contributed by atoms with van der Waals surface area (Å²) in [6, 6.07) is 27.4. The molecule has 0 aliphatic carbocycles. The highest BCUT2D eigenvalue weighted by atomic mass is 32.2. The van der Waals surface area contributed by atoms with E-state index in [9.17, 15) is 14.7 Å². The fraction of sp³-hybridized carbons (Fsp3) is 0.0625. The number of aromatic nitrogens is 2. The maximum absolute atomic E-state index is 15.2. The standard InChI is InChI=1S/C32H20FN3O4S2/c33-23-14-5-4-13-22(23)27-26(28(37)25-16-19-9-2-6-15-24(19)40-25)29(38)30(39)36(27)31-34-35-32(42-31)41-17-20-11-7-10-18-8-1-3-12-21(18)20/h1-16,27,38H,17H2/t27-/m1/s1. The first-order valence-corrected chi connectivity index (χ1v) is 14.8. The summed E-state index contributed by atoms with van der Waals surface area (Å²) in [7, 11) is 0. The fourth-order valence-corrected chi connectivity index (χ4v) is 7.04. The molecule has 42 heavy (non-hydrogen) atoms. The van der Waals surface area contributed by atoms with E-state index in [1.807, 2.05) is 24.3 Å². The number of aliphatic hydroxyl groups excluding tert-OH is 1. The minimum atomic E-state index is -1.27. The van der Waals surface area contributed by atoms with Crippen molar-refractivity contribution in [2.75, 3.05) is 4.90 Å². The maximum atomic E-state index is 15.2. The molecule has 0 saturated carbocycles. The van der Waals surface area contributed by atoms with Crippen molar-refractivity contribution in [1.29, 1.82) is 0 Å². The number of aliphatic hydroxyl groups is 1. The summed E-state index contributed by atoms with van der Waals surface area (Å²) in [4.78, 5) is 28.4. The van der Waals surface area contributed by atoms with Gasteiger partial charge < -0.3 is 9.52 Å². The Labute approximate surface area is 246 Å². The number of hydrogen-bond donors (Lipinski definition) is 1. The van der Waals surface area contributed by atoms with Crippen LogP contribution in [0.15, 0.2) is 117 Å². The normalized spacial score (nSPS) is 15.3. The van der Waals surface area contributed by atoms with Gasteiger partial charge in [-0.2, -0.15) is 0 Å². The Kier molecular flexibility index (Phi) is 6.56. The third-order valence-corrected chi connectivity index (χ3v) is 9.24. The highest BCUT2D eigenvalue weighted by molar-refractivity contribution is 8.00. The minimum absolute atomic E-state index is 0.0366. The predicted octanol–water partition coefficient (Wildman–Crippen LogP) is 7.65. The number of anilines is 1. The van der Waals surface area contributed by atoms with Gasteiger partial charge in [0.2, 0.25) is 10.9 Å². The molecule has 10 heteroatoms. The number of benzene rings is 4. The number of fused-ring (bicyclic) bond motifs is 2. The van der Waals surface area contributed by atoms with Crippen LogP contribution in [0.4, 0.5) is 9.52 Å². The molecule has 7 rings (SSSR count). The lowest BCUT2D eigenvalue weighted by atomic mass is 9.95. The average molecular weight is 594 g/mol. The lowest BCUT2D eigenvalue weighted by molar-refractivity contribution is -0.117. The van der Waals surface area contributed by atoms with Crippen molar-refractivity contribution in [3.63, 3.8) is 0 Å². The number of furan rings is 1. The van der Waals surface area contributed by atoms with Crippen LogP contribution in [0.2, 0.25) is 0 Å². The average Bonchev–Trinajstić information content (AvgIpc) is 3.72. The summed E-state index contributed by atoms with van der Waals surface area (Å²) < 4.78 is 21.5. The van der Waals surface area contributed by atoms with E-state index < -0.39 is 29.3 Å². The Morgan fingerprint density at radius 2 is 1.69 bits per heavy atom. The zero-order valence-electron chi connectivity index (χ0n) is 21.7. The van der Waals surface area contributed by atoms with E-state index >= 15 is 4.39 Å². The van der Waals surface area contributed by atoms with Gasteiger partial charge in [-0.3, -0.25) is 14.5 Å². The molecule has 0 spiro atoms. The first kappa shape index (κ1) is 26.1. The monoisotopic (exact) mass is 593 g/mol. The molecule has 1 N–H and O–H groups in total. The summed E-state index contributed by atoms with van der Waals surface area (Å²) in [5, 5.41) is 22.6. The molecular formula is C32H20FN3O4S2. The topological polar surface area (TPSA) is 96.5 Å². The van der Waals surface area contributed by atoms with E-state index in [0.29, 0.717) is 21.1 Å². The van der Waals surface area contributed by atoms with Crippen molar-refractivity contribution in [3.8, 4) is 0 Å². The quantitative estimate of drug-likeness (QED) is 0.115. The SMILES string of the molecule is O=C(C1=C(O)C(=O)N(c2nnc(SCc3cccc4ccccc34)s2)[C@@H]1c1ccccc1F)c1cc2ccccc2o1. The van der Waals surface area contributed by atoms with Gasteiger partial charge >= 0.3 is 0 Å². The van der Waals surface area contributed by atoms with Crippen molar-refractivity contribution in [1.82, 2.24) is 10.2 Å². The lowest BCUT2D eigenvalue weighted by Crippen LogP contribution is -2.31. The number of hydrogen-bond acceptors (Lipinski definition) is 8. The summed E-state index contributed by atoms with van der Waals surface area (Å²) in [5.74, 6) is -2.47. The number of rotatable bonds is 7. The zero-order valence-corrected chi connectivity index (χ0v) is 23.4. The second kappa shape index (κ2) is 10.6. The Morgan fingerprint density at radius 1 is 0.952 bits per heavy atom. The van der Waals surface area contributed by atoms with E-state index in [2.05, 4.69) is 28.4 Å². The number of Topliss-reactive ketones (excluding diaryl/α,β-unsaturated/α-hetero) is 1. The molecule has 2 aromatic heterocycles. The number of nitrogens with zero attached hydrogens (tertiary/aromatic N) is 3. The van der Waals surface area contributed by atoms with E-state index in [1.54, 1.807) is 30.3 Å². The number of carbonyl (C=O) groups excluding carboxylic acids is 2. The van der Waals surface area contributed by atoms with Gasteiger partial charge in [0.1, 0.15) is 17.4 Å². The highest BCUT2D eigenvalue weighted by Crippen LogP contribution is 2.45. The van der Waals surface area contributed by atoms with Gasteiger partial charge in [0.15, 0.2) is 15.9 Å². The molecule has 6 aromatic rings. The Morgan fingerprint density at radius 3 is 2.52 bits per heavy atom. The van der Waals surface area contributed by atoms with E-state index in [0.717, 1.165) is 32.6 Å². The van der Waals surface area contributed by atoms with Crippen molar-refractivity contribution in [2.24, 2.45) is 0 Å². The molecule has 1 atom stereocenters. The largest absolute Gasteiger partial charge is 0.503 e. The first-order valence-electron chi connectivity index (χ1n) is 13.0. The maximum Gasteiger partial charge on any atom is 0.296 e. The second-order valence-corrected chi connectivity index (χ2v) is 11.8. The predicted molar refractivity (Wildman–Crippen MR) is 160 cm³/mol. The van der Waals surface area contributed by atoms with Crippen molar-refractivity contribution < 1.29 is 23.5 Å². The molecule has 7 nitrogen and oxygen atoms in total. The lowest BCUT2D eigenvalue weighted by Gasteiger charge is -2.24. The van der Waals surface area contributed by atoms with Crippen molar-refractivity contribution in [2.45, 2.75) is 16.1 Å². The number of ketones is 1. The number of para-hydroxylation sites is 1. The van der Waals surface area contributed by atoms with Crippen LogP contribution in [-0.4, -0.2) is 27.0 Å². The third kappa shape index (κ3) is 4.45.